The molecule has 1 saturated heterocycles. The molecular formula is C18H19ClFN3O. The molecule has 0 unspecified atom stereocenters. The number of rotatable bonds is 4. The third-order valence-electron chi connectivity index (χ3n) is 4.45. The van der Waals surface area contributed by atoms with Gasteiger partial charge in [0, 0.05) is 61.8 Å². The van der Waals surface area contributed by atoms with Crippen LogP contribution in [0, 0.1) is 0 Å². The number of benzene rings is 1. The lowest BCUT2D eigenvalue weighted by Crippen LogP contribution is -2.43. The highest BCUT2D eigenvalue weighted by Crippen LogP contribution is 2.40. The van der Waals surface area contributed by atoms with Crippen LogP contribution in [-0.4, -0.2) is 33.9 Å². The predicted octanol–water partition coefficient (Wildman–Crippen LogP) is 3.55. The fraction of sp³-hybridized carbons (Fsp3) is 0.389. The van der Waals surface area contributed by atoms with E-state index < -0.39 is 5.67 Å². The number of carbonyl (C=O) groups excluding carboxylic acids is 1. The Morgan fingerprint density at radius 3 is 2.50 bits per heavy atom. The fourth-order valence-corrected chi connectivity index (χ4v) is 3.35. The Bertz CT molecular complexity index is 702. The lowest BCUT2D eigenvalue weighted by Gasteiger charge is -2.37. The van der Waals surface area contributed by atoms with Crippen LogP contribution in [-0.2, 0) is 16.9 Å². The van der Waals surface area contributed by atoms with Gasteiger partial charge in [-0.05, 0) is 12.1 Å². The smallest absolute Gasteiger partial charge is 0.223 e. The quantitative estimate of drug-likeness (QED) is 0.849. The second-order valence-electron chi connectivity index (χ2n) is 5.99. The number of likely N-dealkylation sites (tertiary alicyclic amines) is 1. The van der Waals surface area contributed by atoms with Gasteiger partial charge in [-0.25, -0.2) is 14.4 Å². The average Bonchev–Trinajstić information content (AvgIpc) is 2.61. The van der Waals surface area contributed by atoms with Crippen molar-refractivity contribution in [1.82, 2.24) is 14.9 Å². The first-order valence-corrected chi connectivity index (χ1v) is 8.44. The molecule has 6 heteroatoms. The highest BCUT2D eigenvalue weighted by molar-refractivity contribution is 6.31. The number of nitrogens with zero attached hydrogens (tertiary/aromatic N) is 3. The van der Waals surface area contributed by atoms with Gasteiger partial charge in [-0.15, -0.1) is 0 Å². The van der Waals surface area contributed by atoms with Gasteiger partial charge in [-0.1, -0.05) is 29.8 Å². The zero-order valence-corrected chi connectivity index (χ0v) is 14.0. The Morgan fingerprint density at radius 2 is 1.83 bits per heavy atom. The molecule has 0 radical (unpaired) electrons. The van der Waals surface area contributed by atoms with E-state index in [2.05, 4.69) is 9.97 Å². The first-order valence-electron chi connectivity index (χ1n) is 8.06. The number of hydrogen-bond acceptors (Lipinski definition) is 3. The van der Waals surface area contributed by atoms with Crippen molar-refractivity contribution in [3.63, 3.8) is 0 Å². The van der Waals surface area contributed by atoms with E-state index in [1.807, 2.05) is 0 Å². The Labute approximate surface area is 145 Å². The Kier molecular flexibility index (Phi) is 5.09. The van der Waals surface area contributed by atoms with E-state index in [1.165, 1.54) is 0 Å². The number of aryl methyl sites for hydroxylation is 1. The molecule has 1 amide bonds. The summed E-state index contributed by atoms with van der Waals surface area (Å²) < 4.78 is 15.2. The van der Waals surface area contributed by atoms with Crippen LogP contribution in [0.25, 0.3) is 0 Å². The number of amides is 1. The van der Waals surface area contributed by atoms with Crippen LogP contribution < -0.4 is 0 Å². The summed E-state index contributed by atoms with van der Waals surface area (Å²) in [5.41, 5.74) is -0.936. The predicted molar refractivity (Wildman–Crippen MR) is 90.4 cm³/mol. The minimum absolute atomic E-state index is 0.0173. The van der Waals surface area contributed by atoms with Gasteiger partial charge in [0.25, 0.3) is 0 Å². The molecule has 0 spiro atoms. The van der Waals surface area contributed by atoms with Gasteiger partial charge in [0.2, 0.25) is 5.91 Å². The second-order valence-corrected chi connectivity index (χ2v) is 6.40. The molecule has 1 aromatic carbocycles. The van der Waals surface area contributed by atoms with Crippen LogP contribution >= 0.6 is 11.6 Å². The van der Waals surface area contributed by atoms with Crippen molar-refractivity contribution in [1.29, 1.82) is 0 Å². The van der Waals surface area contributed by atoms with E-state index >= 15 is 4.39 Å². The molecule has 0 bridgehead atoms. The highest BCUT2D eigenvalue weighted by atomic mass is 35.5. The van der Waals surface area contributed by atoms with Crippen LogP contribution in [0.1, 0.15) is 30.7 Å². The molecule has 0 saturated carbocycles. The maximum atomic E-state index is 15.2. The van der Waals surface area contributed by atoms with Gasteiger partial charge in [0.1, 0.15) is 11.5 Å². The Balaban J connectivity index is 1.56. The maximum Gasteiger partial charge on any atom is 0.223 e. The van der Waals surface area contributed by atoms with Crippen molar-refractivity contribution in [2.45, 2.75) is 31.4 Å². The van der Waals surface area contributed by atoms with E-state index in [0.717, 1.165) is 0 Å². The van der Waals surface area contributed by atoms with Gasteiger partial charge < -0.3 is 4.90 Å². The Hall–Kier alpha value is -2.01. The second kappa shape index (κ2) is 7.26. The van der Waals surface area contributed by atoms with E-state index in [4.69, 9.17) is 11.6 Å². The first-order chi connectivity index (χ1) is 11.6. The molecule has 2 aromatic rings. The number of aromatic nitrogens is 2. The molecule has 2 heterocycles. The zero-order chi connectivity index (χ0) is 17.0. The van der Waals surface area contributed by atoms with Gasteiger partial charge >= 0.3 is 0 Å². The average molecular weight is 348 g/mol. The SMILES string of the molecule is O=C(CCc1ncccn1)N1CCC(F)(c2ccccc2Cl)CC1. The molecule has 0 atom stereocenters. The summed E-state index contributed by atoms with van der Waals surface area (Å²) in [5, 5.41) is 0.445. The van der Waals surface area contributed by atoms with E-state index in [9.17, 15) is 4.79 Å². The summed E-state index contributed by atoms with van der Waals surface area (Å²) in [6.07, 6.45) is 4.70. The molecule has 24 heavy (non-hydrogen) atoms. The minimum Gasteiger partial charge on any atom is -0.342 e. The fourth-order valence-electron chi connectivity index (χ4n) is 3.04. The normalized spacial score (nSPS) is 16.8. The molecule has 4 nitrogen and oxygen atoms in total. The van der Waals surface area contributed by atoms with Crippen LogP contribution in [0.15, 0.2) is 42.7 Å². The standard InChI is InChI=1S/C18H19ClFN3O/c19-15-5-2-1-4-14(15)18(20)8-12-23(13-9-18)17(24)7-6-16-21-10-3-11-22-16/h1-5,10-11H,6-9,12-13H2. The lowest BCUT2D eigenvalue weighted by molar-refractivity contribution is -0.134. The molecular weight excluding hydrogens is 329 g/mol. The maximum absolute atomic E-state index is 15.2. The molecule has 126 valence electrons. The highest BCUT2D eigenvalue weighted by Gasteiger charge is 2.38. The summed E-state index contributed by atoms with van der Waals surface area (Å²) in [5.74, 6) is 0.669. The number of piperidine rings is 1. The summed E-state index contributed by atoms with van der Waals surface area (Å²) >= 11 is 6.13. The van der Waals surface area contributed by atoms with Crippen molar-refractivity contribution in [3.8, 4) is 0 Å². The molecule has 0 N–H and O–H groups in total. The van der Waals surface area contributed by atoms with Gasteiger partial charge in [0.15, 0.2) is 0 Å². The zero-order valence-electron chi connectivity index (χ0n) is 13.3. The van der Waals surface area contributed by atoms with Crippen molar-refractivity contribution in [2.24, 2.45) is 0 Å². The monoisotopic (exact) mass is 347 g/mol. The van der Waals surface area contributed by atoms with Crippen LogP contribution in [0.5, 0.6) is 0 Å². The molecule has 1 aliphatic heterocycles. The molecule has 1 fully saturated rings. The van der Waals surface area contributed by atoms with Crippen molar-refractivity contribution in [2.75, 3.05) is 13.1 Å². The summed E-state index contributed by atoms with van der Waals surface area (Å²) in [4.78, 5) is 22.3. The molecule has 1 aromatic heterocycles. The molecule has 1 aliphatic rings. The third kappa shape index (κ3) is 3.73. The van der Waals surface area contributed by atoms with Gasteiger partial charge in [-0.3, -0.25) is 4.79 Å². The molecule has 3 rings (SSSR count). The van der Waals surface area contributed by atoms with Gasteiger partial charge in [-0.2, -0.15) is 0 Å². The van der Waals surface area contributed by atoms with E-state index in [1.54, 1.807) is 47.6 Å². The summed E-state index contributed by atoms with van der Waals surface area (Å²) in [7, 11) is 0. The minimum atomic E-state index is -1.46. The largest absolute Gasteiger partial charge is 0.342 e. The number of hydrogen-bond donors (Lipinski definition) is 0. The summed E-state index contributed by atoms with van der Waals surface area (Å²) in [6, 6.07) is 8.76. The van der Waals surface area contributed by atoms with E-state index in [0.29, 0.717) is 42.3 Å². The number of carbonyl (C=O) groups is 1. The van der Waals surface area contributed by atoms with E-state index in [-0.39, 0.29) is 18.7 Å². The third-order valence-corrected chi connectivity index (χ3v) is 4.78. The van der Waals surface area contributed by atoms with Crippen LogP contribution in [0.2, 0.25) is 5.02 Å². The molecule has 0 aliphatic carbocycles. The van der Waals surface area contributed by atoms with Crippen LogP contribution in [0.4, 0.5) is 4.39 Å². The van der Waals surface area contributed by atoms with Crippen LogP contribution in [0.3, 0.4) is 0 Å². The lowest BCUT2D eigenvalue weighted by atomic mass is 9.86. The topological polar surface area (TPSA) is 46.1 Å². The number of halogens is 2. The van der Waals surface area contributed by atoms with Crippen molar-refractivity contribution in [3.05, 3.63) is 59.1 Å². The van der Waals surface area contributed by atoms with Crippen molar-refractivity contribution < 1.29 is 9.18 Å². The number of alkyl halides is 1. The van der Waals surface area contributed by atoms with Crippen molar-refractivity contribution >= 4 is 17.5 Å². The van der Waals surface area contributed by atoms with Gasteiger partial charge in [0.05, 0.1) is 0 Å². The summed E-state index contributed by atoms with van der Waals surface area (Å²) in [6.45, 7) is 0.798. The Morgan fingerprint density at radius 1 is 1.17 bits per heavy atom. The first kappa shape index (κ1) is 16.8.